The number of methoxy groups -OCH3 is 1. The molecule has 1 heterocycles. The first-order chi connectivity index (χ1) is 13.9. The molecule has 0 bridgehead atoms. The minimum atomic E-state index is -0.550. The van der Waals surface area contributed by atoms with Crippen LogP contribution in [0.25, 0.3) is 0 Å². The molecular weight excluding hydrogens is 416 g/mol. The molecule has 0 spiro atoms. The van der Waals surface area contributed by atoms with Gasteiger partial charge in [-0.15, -0.1) is 11.3 Å². The van der Waals surface area contributed by atoms with Gasteiger partial charge in [-0.1, -0.05) is 17.7 Å². The fourth-order valence-electron chi connectivity index (χ4n) is 2.53. The summed E-state index contributed by atoms with van der Waals surface area (Å²) in [4.78, 5) is 23.3. The normalized spacial score (nSPS) is 10.4. The minimum absolute atomic E-state index is 0.156. The van der Waals surface area contributed by atoms with Crippen LogP contribution in [0.3, 0.4) is 0 Å². The number of nitro benzene ring substituents is 1. The number of nitrogens with one attached hydrogen (secondary N) is 1. The summed E-state index contributed by atoms with van der Waals surface area (Å²) < 4.78 is 11.1. The quantitative estimate of drug-likeness (QED) is 0.395. The first-order valence-corrected chi connectivity index (χ1v) is 9.73. The second-order valence-corrected chi connectivity index (χ2v) is 7.46. The fraction of sp³-hybridized carbons (Fsp3) is 0.150. The number of non-ortho nitro benzene ring substituents is 1. The molecule has 0 fully saturated rings. The fourth-order valence-corrected chi connectivity index (χ4v) is 3.49. The molecule has 1 amide bonds. The molecule has 0 unspecified atom stereocenters. The van der Waals surface area contributed by atoms with E-state index >= 15 is 0 Å². The Balaban J connectivity index is 1.68. The Bertz CT molecular complexity index is 1070. The van der Waals surface area contributed by atoms with Crippen LogP contribution in [0.2, 0.25) is 5.02 Å². The lowest BCUT2D eigenvalue weighted by Crippen LogP contribution is -2.10. The Hall–Kier alpha value is -3.10. The number of amides is 1. The SMILES string of the molecule is COc1cc(C)ccc1OCc1csc(C(=O)Nc2cc([N+](=O)[O-])ccc2Cl)c1. The predicted molar refractivity (Wildman–Crippen MR) is 112 cm³/mol. The average molecular weight is 433 g/mol. The molecule has 0 aliphatic rings. The van der Waals surface area contributed by atoms with E-state index in [1.54, 1.807) is 13.2 Å². The molecule has 150 valence electrons. The van der Waals surface area contributed by atoms with E-state index in [4.69, 9.17) is 21.1 Å². The summed E-state index contributed by atoms with van der Waals surface area (Å²) in [6, 6.07) is 11.2. The van der Waals surface area contributed by atoms with E-state index in [0.717, 1.165) is 11.1 Å². The Labute approximate surface area is 176 Å². The maximum Gasteiger partial charge on any atom is 0.271 e. The Kier molecular flexibility index (Phi) is 6.36. The zero-order valence-electron chi connectivity index (χ0n) is 15.6. The molecule has 0 saturated heterocycles. The van der Waals surface area contributed by atoms with Crippen LogP contribution in [0.1, 0.15) is 20.8 Å². The largest absolute Gasteiger partial charge is 0.493 e. The van der Waals surface area contributed by atoms with E-state index in [1.807, 2.05) is 30.5 Å². The molecule has 1 N–H and O–H groups in total. The second kappa shape index (κ2) is 8.93. The van der Waals surface area contributed by atoms with Gasteiger partial charge in [-0.3, -0.25) is 14.9 Å². The van der Waals surface area contributed by atoms with Crippen molar-refractivity contribution in [3.05, 3.63) is 79.0 Å². The highest BCUT2D eigenvalue weighted by atomic mass is 35.5. The number of nitrogens with zero attached hydrogens (tertiary/aromatic N) is 1. The average Bonchev–Trinajstić information content (AvgIpc) is 3.17. The topological polar surface area (TPSA) is 90.7 Å². The number of aryl methyl sites for hydroxylation is 1. The van der Waals surface area contributed by atoms with E-state index in [9.17, 15) is 14.9 Å². The summed E-state index contributed by atoms with van der Waals surface area (Å²) in [7, 11) is 1.58. The number of thiophene rings is 1. The van der Waals surface area contributed by atoms with Crippen molar-refractivity contribution in [2.24, 2.45) is 0 Å². The van der Waals surface area contributed by atoms with Crippen LogP contribution in [-0.4, -0.2) is 17.9 Å². The molecule has 0 radical (unpaired) electrons. The molecule has 29 heavy (non-hydrogen) atoms. The summed E-state index contributed by atoms with van der Waals surface area (Å²) >= 11 is 7.27. The lowest BCUT2D eigenvalue weighted by Gasteiger charge is -2.10. The summed E-state index contributed by atoms with van der Waals surface area (Å²) in [6.45, 7) is 2.23. The van der Waals surface area contributed by atoms with Gasteiger partial charge in [0.15, 0.2) is 11.5 Å². The number of ether oxygens (including phenoxy) is 2. The van der Waals surface area contributed by atoms with Crippen LogP contribution in [0.15, 0.2) is 47.8 Å². The summed E-state index contributed by atoms with van der Waals surface area (Å²) in [5.41, 5.74) is 1.90. The highest BCUT2D eigenvalue weighted by molar-refractivity contribution is 7.12. The molecule has 2 aromatic carbocycles. The smallest absolute Gasteiger partial charge is 0.271 e. The molecular formula is C20H17ClN2O5S. The summed E-state index contributed by atoms with van der Waals surface area (Å²) in [6.07, 6.45) is 0. The third-order valence-corrected chi connectivity index (χ3v) is 5.31. The van der Waals surface area contributed by atoms with Crippen molar-refractivity contribution in [1.82, 2.24) is 0 Å². The lowest BCUT2D eigenvalue weighted by molar-refractivity contribution is -0.384. The van der Waals surface area contributed by atoms with Crippen molar-refractivity contribution in [2.75, 3.05) is 12.4 Å². The van der Waals surface area contributed by atoms with Crippen LogP contribution >= 0.6 is 22.9 Å². The van der Waals surface area contributed by atoms with Gasteiger partial charge in [-0.2, -0.15) is 0 Å². The van der Waals surface area contributed by atoms with Crippen LogP contribution in [0, 0.1) is 17.0 Å². The number of hydrogen-bond acceptors (Lipinski definition) is 6. The van der Waals surface area contributed by atoms with Crippen molar-refractivity contribution >= 4 is 40.2 Å². The van der Waals surface area contributed by atoms with E-state index < -0.39 is 10.8 Å². The molecule has 0 atom stereocenters. The zero-order valence-corrected chi connectivity index (χ0v) is 17.2. The highest BCUT2D eigenvalue weighted by Crippen LogP contribution is 2.30. The van der Waals surface area contributed by atoms with Gasteiger partial charge in [0, 0.05) is 17.7 Å². The van der Waals surface area contributed by atoms with E-state index in [2.05, 4.69) is 5.32 Å². The van der Waals surface area contributed by atoms with Crippen LogP contribution < -0.4 is 14.8 Å². The summed E-state index contributed by atoms with van der Waals surface area (Å²) in [5.74, 6) is 0.841. The third kappa shape index (κ3) is 5.04. The Morgan fingerprint density at radius 2 is 2.00 bits per heavy atom. The van der Waals surface area contributed by atoms with Crippen molar-refractivity contribution in [3.8, 4) is 11.5 Å². The maximum absolute atomic E-state index is 12.5. The van der Waals surface area contributed by atoms with E-state index in [-0.39, 0.29) is 23.0 Å². The molecule has 9 heteroatoms. The standard InChI is InChI=1S/C20H17ClN2O5S/c1-12-3-6-17(18(7-12)27-2)28-10-13-8-19(29-11-13)20(24)22-16-9-14(23(25)26)4-5-15(16)21/h3-9,11H,10H2,1-2H3,(H,22,24). The van der Waals surface area contributed by atoms with Gasteiger partial charge in [0.05, 0.1) is 27.6 Å². The molecule has 0 aliphatic carbocycles. The number of anilines is 1. The van der Waals surface area contributed by atoms with Gasteiger partial charge in [-0.05, 0) is 42.1 Å². The molecule has 3 rings (SSSR count). The molecule has 0 aliphatic heterocycles. The van der Waals surface area contributed by atoms with Gasteiger partial charge in [-0.25, -0.2) is 0 Å². The minimum Gasteiger partial charge on any atom is -0.493 e. The van der Waals surface area contributed by atoms with Gasteiger partial charge in [0.25, 0.3) is 11.6 Å². The van der Waals surface area contributed by atoms with Crippen molar-refractivity contribution in [3.63, 3.8) is 0 Å². The van der Waals surface area contributed by atoms with Gasteiger partial charge >= 0.3 is 0 Å². The second-order valence-electron chi connectivity index (χ2n) is 6.14. The number of halogens is 1. The third-order valence-electron chi connectivity index (χ3n) is 4.00. The van der Waals surface area contributed by atoms with Crippen molar-refractivity contribution < 1.29 is 19.2 Å². The first-order valence-electron chi connectivity index (χ1n) is 8.47. The number of nitro groups is 1. The summed E-state index contributed by atoms with van der Waals surface area (Å²) in [5, 5.41) is 15.5. The zero-order chi connectivity index (χ0) is 21.0. The van der Waals surface area contributed by atoms with Crippen molar-refractivity contribution in [2.45, 2.75) is 13.5 Å². The maximum atomic E-state index is 12.5. The van der Waals surface area contributed by atoms with Crippen LogP contribution in [0.5, 0.6) is 11.5 Å². The van der Waals surface area contributed by atoms with E-state index in [0.29, 0.717) is 16.4 Å². The lowest BCUT2D eigenvalue weighted by atomic mass is 10.2. The van der Waals surface area contributed by atoms with Gasteiger partial charge in [0.1, 0.15) is 6.61 Å². The van der Waals surface area contributed by atoms with Crippen LogP contribution in [0.4, 0.5) is 11.4 Å². The highest BCUT2D eigenvalue weighted by Gasteiger charge is 2.15. The molecule has 3 aromatic rings. The van der Waals surface area contributed by atoms with Crippen LogP contribution in [-0.2, 0) is 6.61 Å². The number of carbonyl (C=O) groups is 1. The predicted octanol–water partition coefficient (Wildman–Crippen LogP) is 5.46. The van der Waals surface area contributed by atoms with E-state index in [1.165, 1.54) is 29.5 Å². The van der Waals surface area contributed by atoms with Gasteiger partial charge < -0.3 is 14.8 Å². The van der Waals surface area contributed by atoms with Crippen molar-refractivity contribution in [1.29, 1.82) is 0 Å². The Morgan fingerprint density at radius 1 is 1.21 bits per heavy atom. The number of benzene rings is 2. The molecule has 0 saturated carbocycles. The number of hydrogen-bond donors (Lipinski definition) is 1. The number of carbonyl (C=O) groups excluding carboxylic acids is 1. The molecule has 7 nitrogen and oxygen atoms in total. The number of rotatable bonds is 7. The molecule has 1 aromatic heterocycles. The first kappa shape index (κ1) is 20.6. The monoisotopic (exact) mass is 432 g/mol. The van der Waals surface area contributed by atoms with Gasteiger partial charge in [0.2, 0.25) is 0 Å². The Morgan fingerprint density at radius 3 is 2.72 bits per heavy atom.